The van der Waals surface area contributed by atoms with Gasteiger partial charge in [-0.1, -0.05) is 26.2 Å². The molecule has 3 nitrogen and oxygen atoms in total. The summed E-state index contributed by atoms with van der Waals surface area (Å²) < 4.78 is 0. The quantitative estimate of drug-likeness (QED) is 0.537. The van der Waals surface area contributed by atoms with Gasteiger partial charge in [-0.2, -0.15) is 0 Å². The first kappa shape index (κ1) is 15.9. The minimum Gasteiger partial charge on any atom is -0.412 e. The first-order valence-corrected chi connectivity index (χ1v) is 3.12. The molecule has 0 saturated heterocycles. The molecule has 0 rings (SSSR count). The summed E-state index contributed by atoms with van der Waals surface area (Å²) in [5.74, 6) is 0. The Morgan fingerprint density at radius 3 is 1.89 bits per heavy atom. The Hall–Kier alpha value is -0.120. The van der Waals surface area contributed by atoms with Gasteiger partial charge in [0.15, 0.2) is 0 Å². The Kier molecular flexibility index (Phi) is 27.8. The van der Waals surface area contributed by atoms with E-state index in [4.69, 9.17) is 5.73 Å². The fourth-order valence-corrected chi connectivity index (χ4v) is 0.571. The van der Waals surface area contributed by atoms with Crippen LogP contribution >= 0.6 is 0 Å². The Morgan fingerprint density at radius 1 is 1.00 bits per heavy atom. The van der Waals surface area contributed by atoms with Crippen LogP contribution in [0.5, 0.6) is 0 Å². The largest absolute Gasteiger partial charge is 0.412 e. The van der Waals surface area contributed by atoms with Crippen LogP contribution in [0.25, 0.3) is 0 Å². The molecule has 0 aliphatic carbocycles. The highest BCUT2D eigenvalue weighted by Crippen LogP contribution is 1.95. The molecule has 0 heterocycles. The molecule has 0 unspecified atom stereocenters. The molecule has 0 aromatic heterocycles. The molecule has 9 heavy (non-hydrogen) atoms. The van der Waals surface area contributed by atoms with Gasteiger partial charge in [-0.15, -0.1) is 0 Å². The zero-order valence-corrected chi connectivity index (χ0v) is 6.11. The van der Waals surface area contributed by atoms with Crippen LogP contribution in [0, 0.1) is 0 Å². The minimum atomic E-state index is 0. The molecule has 0 spiro atoms. The van der Waals surface area contributed by atoms with Gasteiger partial charge >= 0.3 is 0 Å². The highest BCUT2D eigenvalue weighted by molar-refractivity contribution is 4.38. The van der Waals surface area contributed by atoms with Gasteiger partial charge in [-0.3, -0.25) is 0 Å². The van der Waals surface area contributed by atoms with Gasteiger partial charge in [0.2, 0.25) is 0 Å². The van der Waals surface area contributed by atoms with E-state index in [9.17, 15) is 0 Å². The number of hydrogen-bond donors (Lipinski definition) is 1. The fourth-order valence-electron chi connectivity index (χ4n) is 0.571. The SMILES string of the molecule is CCCCCCN.O.O. The Morgan fingerprint density at radius 2 is 1.56 bits per heavy atom. The summed E-state index contributed by atoms with van der Waals surface area (Å²) in [6.07, 6.45) is 5.16. The van der Waals surface area contributed by atoms with Crippen molar-refractivity contribution in [3.63, 3.8) is 0 Å². The van der Waals surface area contributed by atoms with E-state index in [0.29, 0.717) is 0 Å². The first-order valence-electron chi connectivity index (χ1n) is 3.12. The zero-order valence-electron chi connectivity index (χ0n) is 6.11. The van der Waals surface area contributed by atoms with Gasteiger partial charge in [0.1, 0.15) is 0 Å². The monoisotopic (exact) mass is 137 g/mol. The molecule has 60 valence electrons. The molecule has 0 aromatic carbocycles. The lowest BCUT2D eigenvalue weighted by molar-refractivity contribution is 0.674. The van der Waals surface area contributed by atoms with Crippen LogP contribution in [0.1, 0.15) is 32.6 Å². The van der Waals surface area contributed by atoms with Gasteiger partial charge in [0, 0.05) is 0 Å². The number of rotatable bonds is 4. The van der Waals surface area contributed by atoms with Crippen LogP contribution in [0.2, 0.25) is 0 Å². The zero-order chi connectivity index (χ0) is 5.54. The second kappa shape index (κ2) is 15.7. The van der Waals surface area contributed by atoms with E-state index >= 15 is 0 Å². The summed E-state index contributed by atoms with van der Waals surface area (Å²) in [6.45, 7) is 3.07. The molecule has 3 heteroatoms. The summed E-state index contributed by atoms with van der Waals surface area (Å²) in [5, 5.41) is 0. The van der Waals surface area contributed by atoms with E-state index < -0.39 is 0 Å². The molecule has 6 N–H and O–H groups in total. The van der Waals surface area contributed by atoms with E-state index in [0.717, 1.165) is 6.54 Å². The van der Waals surface area contributed by atoms with Crippen molar-refractivity contribution >= 4 is 0 Å². The van der Waals surface area contributed by atoms with Gasteiger partial charge < -0.3 is 16.7 Å². The van der Waals surface area contributed by atoms with Gasteiger partial charge in [0.05, 0.1) is 0 Å². The maximum absolute atomic E-state index is 5.27. The van der Waals surface area contributed by atoms with Gasteiger partial charge in [-0.25, -0.2) is 0 Å². The highest BCUT2D eigenvalue weighted by atomic mass is 16.0. The van der Waals surface area contributed by atoms with Crippen LogP contribution in [0.15, 0.2) is 0 Å². The lowest BCUT2D eigenvalue weighted by Gasteiger charge is -1.90. The molecule has 0 atom stereocenters. The van der Waals surface area contributed by atoms with Crippen LogP contribution in [0.3, 0.4) is 0 Å². The third-order valence-electron chi connectivity index (χ3n) is 1.06. The van der Waals surface area contributed by atoms with Crippen molar-refractivity contribution in [3.05, 3.63) is 0 Å². The van der Waals surface area contributed by atoms with E-state index in [1.165, 1.54) is 25.7 Å². The molecule has 0 fully saturated rings. The lowest BCUT2D eigenvalue weighted by atomic mass is 10.2. The molecule has 0 amide bonds. The van der Waals surface area contributed by atoms with E-state index in [-0.39, 0.29) is 11.0 Å². The molecule has 0 aliphatic rings. The summed E-state index contributed by atoms with van der Waals surface area (Å²) in [4.78, 5) is 0. The summed E-state index contributed by atoms with van der Waals surface area (Å²) in [5.41, 5.74) is 5.27. The highest BCUT2D eigenvalue weighted by Gasteiger charge is 1.80. The number of nitrogens with two attached hydrogens (primary N) is 1. The van der Waals surface area contributed by atoms with Crippen LogP contribution in [-0.4, -0.2) is 17.5 Å². The molecular formula is C6H19NO2. The molecule has 0 aliphatic heterocycles. The van der Waals surface area contributed by atoms with Crippen molar-refractivity contribution in [2.45, 2.75) is 32.6 Å². The minimum absolute atomic E-state index is 0. The van der Waals surface area contributed by atoms with Crippen molar-refractivity contribution in [2.24, 2.45) is 5.73 Å². The molecule has 0 radical (unpaired) electrons. The fraction of sp³-hybridized carbons (Fsp3) is 1.00. The number of unbranched alkanes of at least 4 members (excludes halogenated alkanes) is 3. The number of hydrogen-bond acceptors (Lipinski definition) is 1. The van der Waals surface area contributed by atoms with Crippen molar-refractivity contribution in [2.75, 3.05) is 6.54 Å². The summed E-state index contributed by atoms with van der Waals surface area (Å²) in [7, 11) is 0. The van der Waals surface area contributed by atoms with E-state index in [1.807, 2.05) is 0 Å². The van der Waals surface area contributed by atoms with E-state index in [1.54, 1.807) is 0 Å². The van der Waals surface area contributed by atoms with Crippen molar-refractivity contribution < 1.29 is 11.0 Å². The topological polar surface area (TPSA) is 89.0 Å². The summed E-state index contributed by atoms with van der Waals surface area (Å²) in [6, 6.07) is 0. The standard InChI is InChI=1S/C6H15N.2H2O/c1-2-3-4-5-6-7;;/h2-7H2,1H3;2*1H2. The molecule has 0 aromatic rings. The maximum atomic E-state index is 5.27. The second-order valence-electron chi connectivity index (χ2n) is 1.85. The third kappa shape index (κ3) is 18.1. The average molecular weight is 137 g/mol. The predicted octanol–water partition coefficient (Wildman–Crippen LogP) is -0.124. The normalized spacial score (nSPS) is 7.33. The van der Waals surface area contributed by atoms with Crippen LogP contribution in [0.4, 0.5) is 0 Å². The maximum Gasteiger partial charge on any atom is -0.00773 e. The Balaban J connectivity index is -0.000000180. The summed E-state index contributed by atoms with van der Waals surface area (Å²) >= 11 is 0. The predicted molar refractivity (Wildman–Crippen MR) is 40.4 cm³/mol. The first-order chi connectivity index (χ1) is 3.41. The molecular weight excluding hydrogens is 118 g/mol. The van der Waals surface area contributed by atoms with Gasteiger partial charge in [0.25, 0.3) is 0 Å². The smallest absolute Gasteiger partial charge is 0.00773 e. The Labute approximate surface area is 56.9 Å². The van der Waals surface area contributed by atoms with Crippen LogP contribution in [-0.2, 0) is 0 Å². The van der Waals surface area contributed by atoms with Gasteiger partial charge in [-0.05, 0) is 13.0 Å². The second-order valence-corrected chi connectivity index (χ2v) is 1.85. The molecule has 0 bridgehead atoms. The van der Waals surface area contributed by atoms with Crippen LogP contribution < -0.4 is 5.73 Å². The molecule has 0 saturated carbocycles. The lowest BCUT2D eigenvalue weighted by Crippen LogP contribution is -1.97. The van der Waals surface area contributed by atoms with Crippen molar-refractivity contribution in [1.82, 2.24) is 0 Å². The average Bonchev–Trinajstić information content (AvgIpc) is 1.69. The van der Waals surface area contributed by atoms with E-state index in [2.05, 4.69) is 6.92 Å². The Bertz CT molecular complexity index is 30.2. The van der Waals surface area contributed by atoms with Crippen molar-refractivity contribution in [3.8, 4) is 0 Å². The third-order valence-corrected chi connectivity index (χ3v) is 1.06. The van der Waals surface area contributed by atoms with Crippen molar-refractivity contribution in [1.29, 1.82) is 0 Å².